The van der Waals surface area contributed by atoms with E-state index in [0.717, 1.165) is 35.3 Å². The molecule has 5 rings (SSSR count). The molecule has 9 heteroatoms. The number of anilines is 1. The maximum Gasteiger partial charge on any atom is 0.341 e. The fourth-order valence-electron chi connectivity index (χ4n) is 5.20. The van der Waals surface area contributed by atoms with E-state index in [2.05, 4.69) is 36.1 Å². The van der Waals surface area contributed by atoms with Crippen LogP contribution in [-0.4, -0.2) is 40.5 Å². The van der Waals surface area contributed by atoms with E-state index in [1.54, 1.807) is 25.1 Å². The Hall–Kier alpha value is -3.98. The van der Waals surface area contributed by atoms with Crippen molar-refractivity contribution < 1.29 is 23.9 Å². The Labute approximate surface area is 243 Å². The zero-order valence-corrected chi connectivity index (χ0v) is 24.8. The molecule has 41 heavy (non-hydrogen) atoms. The van der Waals surface area contributed by atoms with Gasteiger partial charge in [-0.2, -0.15) is 0 Å². The molecule has 1 aliphatic rings. The van der Waals surface area contributed by atoms with E-state index in [4.69, 9.17) is 9.47 Å². The number of hydrogen-bond donors (Lipinski definition) is 2. The molecule has 2 heterocycles. The monoisotopic (exact) mass is 573 g/mol. The average molecular weight is 574 g/mol. The van der Waals surface area contributed by atoms with Gasteiger partial charge in [0.25, 0.3) is 5.91 Å². The van der Waals surface area contributed by atoms with Crippen LogP contribution in [0.25, 0.3) is 22.4 Å². The number of benzene rings is 2. The summed E-state index contributed by atoms with van der Waals surface area (Å²) in [5, 5.41) is 3.30. The Morgan fingerprint density at radius 3 is 2.59 bits per heavy atom. The standard InChI is InChI=1S/C32H35N3O5S/c1-6-39-31(38)26-22-14-13-21(32(3,4)5)17-25(22)41-29(26)35-28(36)18(2)40-30(37)20-12-15-23-24(16-20)34-27(33-23)19-10-8-7-9-11-19/h7-12,15-16,18,21H,6,13-14,17H2,1-5H3,(H,33,34)(H,35,36). The molecule has 2 unspecified atom stereocenters. The number of aromatic nitrogens is 2. The number of rotatable bonds is 7. The largest absolute Gasteiger partial charge is 0.462 e. The smallest absolute Gasteiger partial charge is 0.341 e. The van der Waals surface area contributed by atoms with Crippen molar-refractivity contribution >= 4 is 45.2 Å². The number of imidazole rings is 1. The molecular formula is C32H35N3O5S. The molecule has 214 valence electrons. The van der Waals surface area contributed by atoms with Crippen LogP contribution in [0, 0.1) is 11.3 Å². The molecular weight excluding hydrogens is 538 g/mol. The molecule has 2 N–H and O–H groups in total. The van der Waals surface area contributed by atoms with Crippen molar-refractivity contribution in [2.24, 2.45) is 11.3 Å². The second-order valence-corrected chi connectivity index (χ2v) is 12.6. The molecule has 2 atom stereocenters. The minimum absolute atomic E-state index is 0.139. The zero-order chi connectivity index (χ0) is 29.3. The summed E-state index contributed by atoms with van der Waals surface area (Å²) in [6.07, 6.45) is 1.48. The molecule has 0 aliphatic heterocycles. The van der Waals surface area contributed by atoms with E-state index in [9.17, 15) is 14.4 Å². The summed E-state index contributed by atoms with van der Waals surface area (Å²) >= 11 is 1.41. The third kappa shape index (κ3) is 6.05. The molecule has 2 aromatic heterocycles. The summed E-state index contributed by atoms with van der Waals surface area (Å²) in [6.45, 7) is 10.2. The minimum atomic E-state index is -1.09. The van der Waals surface area contributed by atoms with Crippen LogP contribution in [0.4, 0.5) is 5.00 Å². The first-order valence-electron chi connectivity index (χ1n) is 13.9. The van der Waals surface area contributed by atoms with E-state index in [1.807, 2.05) is 30.3 Å². The molecule has 0 saturated carbocycles. The molecule has 0 fully saturated rings. The van der Waals surface area contributed by atoms with Crippen LogP contribution >= 0.6 is 11.3 Å². The van der Waals surface area contributed by atoms with Crippen molar-refractivity contribution in [2.45, 2.75) is 60.0 Å². The average Bonchev–Trinajstić information content (AvgIpc) is 3.53. The number of fused-ring (bicyclic) bond motifs is 2. The number of nitrogens with one attached hydrogen (secondary N) is 2. The Kier molecular flexibility index (Phi) is 8.00. The highest BCUT2D eigenvalue weighted by Gasteiger charge is 2.35. The second-order valence-electron chi connectivity index (χ2n) is 11.5. The number of amides is 1. The van der Waals surface area contributed by atoms with Crippen LogP contribution in [0.3, 0.4) is 0 Å². The molecule has 4 aromatic rings. The van der Waals surface area contributed by atoms with Crippen molar-refractivity contribution in [3.05, 3.63) is 70.1 Å². The Morgan fingerprint density at radius 2 is 1.88 bits per heavy atom. The third-order valence-corrected chi connectivity index (χ3v) is 8.79. The van der Waals surface area contributed by atoms with Crippen molar-refractivity contribution in [2.75, 3.05) is 11.9 Å². The highest BCUT2D eigenvalue weighted by molar-refractivity contribution is 7.17. The van der Waals surface area contributed by atoms with Gasteiger partial charge in [0.2, 0.25) is 0 Å². The van der Waals surface area contributed by atoms with E-state index in [-0.39, 0.29) is 12.0 Å². The number of H-pyrrole nitrogens is 1. The van der Waals surface area contributed by atoms with Crippen LogP contribution in [0.5, 0.6) is 0 Å². The first kappa shape index (κ1) is 28.5. The molecule has 1 aliphatic carbocycles. The van der Waals surface area contributed by atoms with Gasteiger partial charge < -0.3 is 19.8 Å². The Morgan fingerprint density at radius 1 is 1.12 bits per heavy atom. The van der Waals surface area contributed by atoms with E-state index in [1.165, 1.54) is 18.3 Å². The summed E-state index contributed by atoms with van der Waals surface area (Å²) in [4.78, 5) is 48.0. The van der Waals surface area contributed by atoms with Crippen LogP contribution in [0.15, 0.2) is 48.5 Å². The quantitative estimate of drug-likeness (QED) is 0.235. The Balaban J connectivity index is 1.31. The zero-order valence-electron chi connectivity index (χ0n) is 24.0. The maximum atomic E-state index is 13.2. The highest BCUT2D eigenvalue weighted by atomic mass is 32.1. The number of carbonyl (C=O) groups is 3. The van der Waals surface area contributed by atoms with Gasteiger partial charge in [-0.05, 0) is 68.2 Å². The van der Waals surface area contributed by atoms with Gasteiger partial charge in [0.15, 0.2) is 6.10 Å². The predicted octanol–water partition coefficient (Wildman–Crippen LogP) is 6.80. The van der Waals surface area contributed by atoms with Gasteiger partial charge in [0.1, 0.15) is 10.8 Å². The van der Waals surface area contributed by atoms with Crippen molar-refractivity contribution in [3.63, 3.8) is 0 Å². The van der Waals surface area contributed by atoms with E-state index >= 15 is 0 Å². The normalized spacial score (nSPS) is 15.7. The van der Waals surface area contributed by atoms with Crippen LogP contribution in [0.2, 0.25) is 0 Å². The molecule has 8 nitrogen and oxygen atoms in total. The lowest BCUT2D eigenvalue weighted by atomic mass is 9.72. The molecule has 0 bridgehead atoms. The molecule has 1 amide bonds. The van der Waals surface area contributed by atoms with Gasteiger partial charge in [-0.1, -0.05) is 51.1 Å². The lowest BCUT2D eigenvalue weighted by Crippen LogP contribution is -2.30. The van der Waals surface area contributed by atoms with Crippen LogP contribution < -0.4 is 5.32 Å². The number of hydrogen-bond acceptors (Lipinski definition) is 7. The summed E-state index contributed by atoms with van der Waals surface area (Å²) in [5.41, 5.74) is 4.15. The number of nitrogens with zero attached hydrogens (tertiary/aromatic N) is 1. The van der Waals surface area contributed by atoms with Gasteiger partial charge >= 0.3 is 11.9 Å². The third-order valence-electron chi connectivity index (χ3n) is 7.62. The highest BCUT2D eigenvalue weighted by Crippen LogP contribution is 2.44. The van der Waals surface area contributed by atoms with Crippen LogP contribution in [-0.2, 0) is 27.1 Å². The Bertz CT molecular complexity index is 1600. The second kappa shape index (κ2) is 11.5. The number of aromatic amines is 1. The molecule has 0 spiro atoms. The van der Waals surface area contributed by atoms with Gasteiger partial charge in [-0.15, -0.1) is 11.3 Å². The molecule has 0 saturated heterocycles. The molecule has 0 radical (unpaired) electrons. The number of esters is 2. The first-order valence-corrected chi connectivity index (χ1v) is 14.8. The fourth-order valence-corrected chi connectivity index (χ4v) is 6.52. The van der Waals surface area contributed by atoms with E-state index < -0.39 is 23.9 Å². The topological polar surface area (TPSA) is 110 Å². The van der Waals surface area contributed by atoms with Crippen LogP contribution in [0.1, 0.15) is 72.2 Å². The van der Waals surface area contributed by atoms with Gasteiger partial charge in [-0.3, -0.25) is 4.79 Å². The minimum Gasteiger partial charge on any atom is -0.462 e. The first-order chi connectivity index (χ1) is 19.5. The van der Waals surface area contributed by atoms with Crippen molar-refractivity contribution in [3.8, 4) is 11.4 Å². The summed E-state index contributed by atoms with van der Waals surface area (Å²) in [6, 6.07) is 14.7. The predicted molar refractivity (Wildman–Crippen MR) is 160 cm³/mol. The number of carbonyl (C=O) groups excluding carboxylic acids is 3. The summed E-state index contributed by atoms with van der Waals surface area (Å²) in [7, 11) is 0. The fraction of sp³-hybridized carbons (Fsp3) is 0.375. The van der Waals surface area contributed by atoms with Crippen molar-refractivity contribution in [1.82, 2.24) is 9.97 Å². The SMILES string of the molecule is CCOC(=O)c1c(NC(=O)C(C)OC(=O)c2ccc3nc(-c4ccccc4)[nH]c3c2)sc2c1CCC(C(C)(C)C)C2. The number of ether oxygens (including phenoxy) is 2. The maximum absolute atomic E-state index is 13.2. The van der Waals surface area contributed by atoms with Gasteiger partial charge in [0.05, 0.1) is 28.8 Å². The van der Waals surface area contributed by atoms with Gasteiger partial charge in [0, 0.05) is 10.4 Å². The lowest BCUT2D eigenvalue weighted by molar-refractivity contribution is -0.123. The summed E-state index contributed by atoms with van der Waals surface area (Å²) in [5.74, 6) is -0.410. The van der Waals surface area contributed by atoms with E-state index in [0.29, 0.717) is 38.9 Å². The van der Waals surface area contributed by atoms with Gasteiger partial charge in [-0.25, -0.2) is 14.6 Å². The summed E-state index contributed by atoms with van der Waals surface area (Å²) < 4.78 is 10.9. The molecule has 2 aromatic carbocycles. The number of thiophene rings is 1. The van der Waals surface area contributed by atoms with Crippen molar-refractivity contribution in [1.29, 1.82) is 0 Å². The lowest BCUT2D eigenvalue weighted by Gasteiger charge is -2.33.